The van der Waals surface area contributed by atoms with Crippen molar-refractivity contribution in [2.24, 2.45) is 0 Å². The van der Waals surface area contributed by atoms with Crippen molar-refractivity contribution in [1.82, 2.24) is 0 Å². The van der Waals surface area contributed by atoms with Gasteiger partial charge in [0.1, 0.15) is 5.82 Å². The number of carbonyl (C=O) groups excluding carboxylic acids is 1. The first-order valence-electron chi connectivity index (χ1n) is 6.87. The van der Waals surface area contributed by atoms with Crippen molar-refractivity contribution in [2.75, 3.05) is 5.32 Å². The number of hydrogen-bond donors (Lipinski definition) is 2. The molecule has 0 aliphatic rings. The van der Waals surface area contributed by atoms with Gasteiger partial charge in [-0.2, -0.15) is 0 Å². The second kappa shape index (κ2) is 6.79. The highest BCUT2D eigenvalue weighted by Gasteiger charge is 2.37. The van der Waals surface area contributed by atoms with Gasteiger partial charge in [0.2, 0.25) is 5.91 Å². The van der Waals surface area contributed by atoms with Crippen molar-refractivity contribution in [3.8, 4) is 0 Å². The molecule has 2 aromatic carbocycles. The van der Waals surface area contributed by atoms with Crippen molar-refractivity contribution in [3.63, 3.8) is 0 Å². The van der Waals surface area contributed by atoms with Crippen molar-refractivity contribution < 1.29 is 19.1 Å². The quantitative estimate of drug-likeness (QED) is 0.872. The standard InChI is InChI=1S/C17H15ClFNO3/c1-17(16(22)23,11-5-3-2-4-6-11)10-15(21)20-12-7-8-14(19)13(18)9-12/h2-9H,10H2,1H3,(H,20,21)(H,22,23). The van der Waals surface area contributed by atoms with Gasteiger partial charge in [-0.1, -0.05) is 41.9 Å². The zero-order valence-corrected chi connectivity index (χ0v) is 13.1. The zero-order chi connectivity index (χ0) is 17.0. The summed E-state index contributed by atoms with van der Waals surface area (Å²) in [6.07, 6.45) is -0.263. The summed E-state index contributed by atoms with van der Waals surface area (Å²) >= 11 is 5.66. The van der Waals surface area contributed by atoms with Gasteiger partial charge in [0, 0.05) is 12.1 Å². The summed E-state index contributed by atoms with van der Waals surface area (Å²) in [4.78, 5) is 23.8. The Morgan fingerprint density at radius 1 is 1.22 bits per heavy atom. The first-order chi connectivity index (χ1) is 10.8. The summed E-state index contributed by atoms with van der Waals surface area (Å²) in [6.45, 7) is 1.49. The lowest BCUT2D eigenvalue weighted by molar-refractivity contribution is -0.145. The highest BCUT2D eigenvalue weighted by atomic mass is 35.5. The lowest BCUT2D eigenvalue weighted by Gasteiger charge is -2.24. The maximum Gasteiger partial charge on any atom is 0.314 e. The van der Waals surface area contributed by atoms with E-state index in [0.717, 1.165) is 6.07 Å². The second-order valence-corrected chi connectivity index (χ2v) is 5.76. The number of carboxylic acids is 1. The predicted octanol–water partition coefficient (Wildman–Crippen LogP) is 3.85. The topological polar surface area (TPSA) is 66.4 Å². The molecule has 0 aliphatic heterocycles. The molecule has 1 atom stereocenters. The van der Waals surface area contributed by atoms with Crippen molar-refractivity contribution in [3.05, 3.63) is 64.9 Å². The van der Waals surface area contributed by atoms with Gasteiger partial charge >= 0.3 is 5.97 Å². The van der Waals surface area contributed by atoms with Gasteiger partial charge in [-0.05, 0) is 30.7 Å². The number of nitrogens with one attached hydrogen (secondary N) is 1. The highest BCUT2D eigenvalue weighted by Crippen LogP contribution is 2.29. The van der Waals surface area contributed by atoms with Crippen LogP contribution >= 0.6 is 11.6 Å². The van der Waals surface area contributed by atoms with Crippen LogP contribution in [-0.2, 0) is 15.0 Å². The fourth-order valence-electron chi connectivity index (χ4n) is 2.21. The molecule has 0 aromatic heterocycles. The monoisotopic (exact) mass is 335 g/mol. The Labute approximate surface area is 137 Å². The normalized spacial score (nSPS) is 13.2. The summed E-state index contributed by atoms with van der Waals surface area (Å²) in [5, 5.41) is 11.9. The number of carbonyl (C=O) groups is 2. The Kier molecular flexibility index (Phi) is 5.01. The van der Waals surface area contributed by atoms with Gasteiger partial charge in [-0.15, -0.1) is 0 Å². The molecule has 0 bridgehead atoms. The number of anilines is 1. The van der Waals surface area contributed by atoms with Crippen LogP contribution in [0, 0.1) is 5.82 Å². The minimum atomic E-state index is -1.37. The molecular formula is C17H15ClFNO3. The van der Waals surface area contributed by atoms with E-state index in [1.54, 1.807) is 30.3 Å². The molecule has 1 unspecified atom stereocenters. The van der Waals surface area contributed by atoms with Gasteiger partial charge in [0.15, 0.2) is 0 Å². The molecule has 0 spiro atoms. The van der Waals surface area contributed by atoms with E-state index in [1.807, 2.05) is 0 Å². The zero-order valence-electron chi connectivity index (χ0n) is 12.3. The molecule has 2 aromatic rings. The van der Waals surface area contributed by atoms with E-state index >= 15 is 0 Å². The molecule has 0 fully saturated rings. The van der Waals surface area contributed by atoms with Crippen molar-refractivity contribution in [1.29, 1.82) is 0 Å². The van der Waals surface area contributed by atoms with Crippen LogP contribution < -0.4 is 5.32 Å². The van der Waals surface area contributed by atoms with Crippen LogP contribution in [0.2, 0.25) is 5.02 Å². The molecule has 4 nitrogen and oxygen atoms in total. The lowest BCUT2D eigenvalue weighted by Crippen LogP contribution is -2.36. The summed E-state index contributed by atoms with van der Waals surface area (Å²) in [7, 11) is 0. The van der Waals surface area contributed by atoms with E-state index in [0.29, 0.717) is 11.3 Å². The number of amides is 1. The van der Waals surface area contributed by atoms with E-state index in [-0.39, 0.29) is 11.4 Å². The van der Waals surface area contributed by atoms with E-state index in [2.05, 4.69) is 5.32 Å². The van der Waals surface area contributed by atoms with Crippen LogP contribution in [0.15, 0.2) is 48.5 Å². The average molecular weight is 336 g/mol. The van der Waals surface area contributed by atoms with Gasteiger partial charge in [0.05, 0.1) is 10.4 Å². The van der Waals surface area contributed by atoms with Crippen LogP contribution in [0.3, 0.4) is 0 Å². The fourth-order valence-corrected chi connectivity index (χ4v) is 2.39. The van der Waals surface area contributed by atoms with E-state index < -0.39 is 23.1 Å². The van der Waals surface area contributed by atoms with Crippen LogP contribution in [0.25, 0.3) is 0 Å². The molecule has 0 saturated carbocycles. The summed E-state index contributed by atoms with van der Waals surface area (Å²) in [5.74, 6) is -2.19. The maximum atomic E-state index is 13.1. The summed E-state index contributed by atoms with van der Waals surface area (Å²) in [5.41, 5.74) is -0.531. The van der Waals surface area contributed by atoms with Gasteiger partial charge < -0.3 is 10.4 Å². The smallest absolute Gasteiger partial charge is 0.314 e. The molecule has 0 heterocycles. The van der Waals surface area contributed by atoms with Gasteiger partial charge in [0.25, 0.3) is 0 Å². The fraction of sp³-hybridized carbons (Fsp3) is 0.176. The van der Waals surface area contributed by atoms with Crippen LogP contribution in [-0.4, -0.2) is 17.0 Å². The van der Waals surface area contributed by atoms with E-state index in [9.17, 15) is 19.1 Å². The number of rotatable bonds is 5. The second-order valence-electron chi connectivity index (χ2n) is 5.36. The maximum absolute atomic E-state index is 13.1. The Hall–Kier alpha value is -2.40. The SMILES string of the molecule is CC(CC(=O)Nc1ccc(F)c(Cl)c1)(C(=O)O)c1ccccc1. The number of carboxylic acid groups (broad SMARTS) is 1. The number of aliphatic carboxylic acids is 1. The molecule has 0 radical (unpaired) electrons. The van der Waals surface area contributed by atoms with E-state index in [1.165, 1.54) is 19.1 Å². The predicted molar refractivity (Wildman–Crippen MR) is 86.1 cm³/mol. The third-order valence-corrected chi connectivity index (χ3v) is 3.89. The van der Waals surface area contributed by atoms with Crippen molar-refractivity contribution in [2.45, 2.75) is 18.8 Å². The minimum absolute atomic E-state index is 0.119. The first kappa shape index (κ1) is 17.0. The Balaban J connectivity index is 2.19. The molecular weight excluding hydrogens is 321 g/mol. The third-order valence-electron chi connectivity index (χ3n) is 3.60. The molecule has 2 N–H and O–H groups in total. The summed E-state index contributed by atoms with van der Waals surface area (Å²) in [6, 6.07) is 12.3. The molecule has 6 heteroatoms. The molecule has 2 rings (SSSR count). The summed E-state index contributed by atoms with van der Waals surface area (Å²) < 4.78 is 13.1. The molecule has 0 saturated heterocycles. The molecule has 120 valence electrons. The van der Waals surface area contributed by atoms with Crippen LogP contribution in [0.5, 0.6) is 0 Å². The van der Waals surface area contributed by atoms with Crippen molar-refractivity contribution >= 4 is 29.2 Å². The largest absolute Gasteiger partial charge is 0.481 e. The molecule has 1 amide bonds. The first-order valence-corrected chi connectivity index (χ1v) is 7.24. The Morgan fingerprint density at radius 3 is 2.43 bits per heavy atom. The number of hydrogen-bond acceptors (Lipinski definition) is 2. The van der Waals surface area contributed by atoms with Gasteiger partial charge in [-0.3, -0.25) is 9.59 Å². The third kappa shape index (κ3) is 3.87. The Morgan fingerprint density at radius 2 is 1.87 bits per heavy atom. The molecule has 23 heavy (non-hydrogen) atoms. The lowest BCUT2D eigenvalue weighted by atomic mass is 9.79. The van der Waals surface area contributed by atoms with Crippen LogP contribution in [0.1, 0.15) is 18.9 Å². The van der Waals surface area contributed by atoms with Crippen LogP contribution in [0.4, 0.5) is 10.1 Å². The number of halogens is 2. The highest BCUT2D eigenvalue weighted by molar-refractivity contribution is 6.31. The number of benzene rings is 2. The van der Waals surface area contributed by atoms with E-state index in [4.69, 9.17) is 11.6 Å². The average Bonchev–Trinajstić information content (AvgIpc) is 2.51. The van der Waals surface area contributed by atoms with Gasteiger partial charge in [-0.25, -0.2) is 4.39 Å². The Bertz CT molecular complexity index is 736. The minimum Gasteiger partial charge on any atom is -0.481 e. The molecule has 0 aliphatic carbocycles.